The van der Waals surface area contributed by atoms with Crippen LogP contribution in [0.1, 0.15) is 43.2 Å². The Morgan fingerprint density at radius 1 is 1.06 bits per heavy atom. The van der Waals surface area contributed by atoms with Crippen LogP contribution in [-0.2, 0) is 19.1 Å². The zero-order chi connectivity index (χ0) is 24.7. The maximum Gasteiger partial charge on any atom is 0.408 e. The SMILES string of the molecule is COCC(C)(NC(=O)OCC1c2ccccc2-c2ccccc21)C(=O)N1[C@@H]2CC[C@H]1[C@@H](C(=O)O)C2. The third-order valence-electron chi connectivity index (χ3n) is 7.72. The van der Waals surface area contributed by atoms with Gasteiger partial charge in [-0.25, -0.2) is 4.79 Å². The Balaban J connectivity index is 1.29. The number of ether oxygens (including phenoxy) is 2. The largest absolute Gasteiger partial charge is 0.481 e. The topological polar surface area (TPSA) is 105 Å². The predicted molar refractivity (Wildman–Crippen MR) is 128 cm³/mol. The van der Waals surface area contributed by atoms with Crippen LogP contribution < -0.4 is 5.32 Å². The lowest BCUT2D eigenvalue weighted by Gasteiger charge is -2.35. The number of benzene rings is 2. The summed E-state index contributed by atoms with van der Waals surface area (Å²) < 4.78 is 10.9. The molecule has 35 heavy (non-hydrogen) atoms. The van der Waals surface area contributed by atoms with Crippen LogP contribution in [0.4, 0.5) is 4.79 Å². The Kier molecular flexibility index (Phi) is 6.01. The Labute approximate surface area is 204 Å². The molecule has 0 radical (unpaired) electrons. The predicted octanol–water partition coefficient (Wildman–Crippen LogP) is 3.39. The summed E-state index contributed by atoms with van der Waals surface area (Å²) in [6.45, 7) is 1.69. The van der Waals surface area contributed by atoms with Gasteiger partial charge in [0, 0.05) is 25.1 Å². The van der Waals surface area contributed by atoms with E-state index in [1.165, 1.54) is 7.11 Å². The van der Waals surface area contributed by atoms with E-state index in [0.717, 1.165) is 28.7 Å². The number of methoxy groups -OCH3 is 1. The third-order valence-corrected chi connectivity index (χ3v) is 7.72. The highest BCUT2D eigenvalue weighted by Crippen LogP contribution is 2.45. The molecule has 0 spiro atoms. The Morgan fingerprint density at radius 2 is 1.69 bits per heavy atom. The van der Waals surface area contributed by atoms with Crippen LogP contribution in [0.5, 0.6) is 0 Å². The van der Waals surface area contributed by atoms with Crippen LogP contribution in [0.15, 0.2) is 48.5 Å². The minimum atomic E-state index is -1.37. The molecule has 2 aromatic rings. The van der Waals surface area contributed by atoms with Gasteiger partial charge in [0.1, 0.15) is 12.1 Å². The highest BCUT2D eigenvalue weighted by Gasteiger charge is 2.55. The van der Waals surface area contributed by atoms with Gasteiger partial charge < -0.3 is 24.8 Å². The highest BCUT2D eigenvalue weighted by molar-refractivity contribution is 5.91. The number of aliphatic carboxylic acids is 1. The maximum atomic E-state index is 13.6. The first-order valence-corrected chi connectivity index (χ1v) is 12.0. The van der Waals surface area contributed by atoms with Crippen molar-refractivity contribution in [3.63, 3.8) is 0 Å². The highest BCUT2D eigenvalue weighted by atomic mass is 16.5. The molecule has 2 heterocycles. The van der Waals surface area contributed by atoms with E-state index < -0.39 is 23.5 Å². The van der Waals surface area contributed by atoms with Gasteiger partial charge in [0.2, 0.25) is 0 Å². The second kappa shape index (κ2) is 9.00. The number of hydrogen-bond acceptors (Lipinski definition) is 5. The Morgan fingerprint density at radius 3 is 2.26 bits per heavy atom. The molecule has 3 aliphatic rings. The first-order valence-electron chi connectivity index (χ1n) is 12.0. The third kappa shape index (κ3) is 3.95. The van der Waals surface area contributed by atoms with Gasteiger partial charge in [0.05, 0.1) is 12.5 Å². The summed E-state index contributed by atoms with van der Waals surface area (Å²) in [5.74, 6) is -1.88. The fourth-order valence-electron chi connectivity index (χ4n) is 6.16. The molecule has 184 valence electrons. The number of carboxylic acids is 1. The maximum absolute atomic E-state index is 13.6. The van der Waals surface area contributed by atoms with E-state index in [1.807, 2.05) is 36.4 Å². The molecule has 0 saturated carbocycles. The molecule has 1 unspecified atom stereocenters. The zero-order valence-electron chi connectivity index (χ0n) is 19.9. The minimum absolute atomic E-state index is 0.0519. The van der Waals surface area contributed by atoms with Crippen LogP contribution in [0.3, 0.4) is 0 Å². The van der Waals surface area contributed by atoms with Gasteiger partial charge in [-0.3, -0.25) is 9.59 Å². The Bertz CT molecular complexity index is 1120. The number of alkyl carbamates (subject to hydrolysis) is 1. The molecule has 1 aliphatic carbocycles. The molecule has 5 rings (SSSR count). The van der Waals surface area contributed by atoms with Gasteiger partial charge in [0.25, 0.3) is 5.91 Å². The number of carbonyl (C=O) groups is 3. The van der Waals surface area contributed by atoms with Crippen molar-refractivity contribution in [1.29, 1.82) is 0 Å². The summed E-state index contributed by atoms with van der Waals surface area (Å²) in [6.07, 6.45) is 1.16. The van der Waals surface area contributed by atoms with Crippen LogP contribution in [0.2, 0.25) is 0 Å². The standard InChI is InChI=1S/C27H30N2O6/c1-27(15-34-2,25(32)29-16-11-12-23(29)21(13-16)24(30)31)28-26(33)35-14-22-19-9-5-3-7-17(19)18-8-4-6-10-20(18)22/h3-10,16,21-23H,11-15H2,1-2H3,(H,28,33)(H,30,31)/t16-,21+,23+,27?/m1/s1. The number of carboxylic acid groups (broad SMARTS) is 1. The molecule has 4 atom stereocenters. The van der Waals surface area contributed by atoms with Crippen molar-refractivity contribution in [3.05, 3.63) is 59.7 Å². The van der Waals surface area contributed by atoms with Crippen molar-refractivity contribution in [3.8, 4) is 11.1 Å². The summed E-state index contributed by atoms with van der Waals surface area (Å²) >= 11 is 0. The molecule has 2 aromatic carbocycles. The van der Waals surface area contributed by atoms with Crippen molar-refractivity contribution >= 4 is 18.0 Å². The zero-order valence-corrected chi connectivity index (χ0v) is 19.9. The number of fused-ring (bicyclic) bond motifs is 5. The lowest BCUT2D eigenvalue weighted by atomic mass is 9.89. The van der Waals surface area contributed by atoms with Crippen LogP contribution in [0.25, 0.3) is 11.1 Å². The molecule has 2 fully saturated rings. The van der Waals surface area contributed by atoms with E-state index in [9.17, 15) is 19.5 Å². The smallest absolute Gasteiger partial charge is 0.408 e. The van der Waals surface area contributed by atoms with Crippen LogP contribution in [0, 0.1) is 5.92 Å². The molecule has 2 saturated heterocycles. The van der Waals surface area contributed by atoms with Crippen LogP contribution >= 0.6 is 0 Å². The van der Waals surface area contributed by atoms with Crippen molar-refractivity contribution in [1.82, 2.24) is 10.2 Å². The number of carbonyl (C=O) groups excluding carboxylic acids is 2. The number of hydrogen-bond donors (Lipinski definition) is 2. The average molecular weight is 479 g/mol. The van der Waals surface area contributed by atoms with Gasteiger partial charge in [-0.15, -0.1) is 0 Å². The molecule has 2 aliphatic heterocycles. The van der Waals surface area contributed by atoms with E-state index in [0.29, 0.717) is 12.8 Å². The van der Waals surface area contributed by atoms with Gasteiger partial charge >= 0.3 is 12.1 Å². The second-order valence-corrected chi connectivity index (χ2v) is 9.91. The van der Waals surface area contributed by atoms with Gasteiger partial charge in [0.15, 0.2) is 0 Å². The van der Waals surface area contributed by atoms with Gasteiger partial charge in [-0.1, -0.05) is 48.5 Å². The number of nitrogens with one attached hydrogen (secondary N) is 1. The van der Waals surface area contributed by atoms with Crippen molar-refractivity contribution in [2.75, 3.05) is 20.3 Å². The fraction of sp³-hybridized carbons (Fsp3) is 0.444. The minimum Gasteiger partial charge on any atom is -0.481 e. The van der Waals surface area contributed by atoms with Crippen molar-refractivity contribution in [2.24, 2.45) is 5.92 Å². The van der Waals surface area contributed by atoms with E-state index in [4.69, 9.17) is 9.47 Å². The lowest BCUT2D eigenvalue weighted by molar-refractivity contribution is -0.145. The quantitative estimate of drug-likeness (QED) is 0.632. The van der Waals surface area contributed by atoms with E-state index in [1.54, 1.807) is 11.8 Å². The molecule has 0 aromatic heterocycles. The average Bonchev–Trinajstić information content (AvgIpc) is 3.52. The van der Waals surface area contributed by atoms with Crippen molar-refractivity contribution < 1.29 is 29.0 Å². The molecule has 2 N–H and O–H groups in total. The molecule has 2 bridgehead atoms. The Hall–Kier alpha value is -3.39. The van der Waals surface area contributed by atoms with Gasteiger partial charge in [-0.2, -0.15) is 0 Å². The molecular weight excluding hydrogens is 448 g/mol. The summed E-state index contributed by atoms with van der Waals surface area (Å²) in [7, 11) is 1.46. The lowest BCUT2D eigenvalue weighted by Crippen LogP contribution is -2.61. The first-order chi connectivity index (χ1) is 16.8. The van der Waals surface area contributed by atoms with E-state index in [2.05, 4.69) is 17.4 Å². The second-order valence-electron chi connectivity index (χ2n) is 9.91. The van der Waals surface area contributed by atoms with E-state index in [-0.39, 0.29) is 37.1 Å². The number of nitrogens with zero attached hydrogens (tertiary/aromatic N) is 1. The normalized spacial score (nSPS) is 23.9. The number of amides is 2. The van der Waals surface area contributed by atoms with Crippen LogP contribution in [-0.4, -0.2) is 65.9 Å². The molecule has 8 nitrogen and oxygen atoms in total. The monoisotopic (exact) mass is 478 g/mol. The molecule has 2 amide bonds. The summed E-state index contributed by atoms with van der Waals surface area (Å²) in [4.78, 5) is 39.8. The molecular formula is C27H30N2O6. The first kappa shape index (κ1) is 23.4. The molecule has 8 heteroatoms. The summed E-state index contributed by atoms with van der Waals surface area (Å²) in [5.41, 5.74) is 3.10. The summed E-state index contributed by atoms with van der Waals surface area (Å²) in [6, 6.07) is 15.7. The van der Waals surface area contributed by atoms with Crippen molar-refractivity contribution in [2.45, 2.75) is 49.7 Å². The summed E-state index contributed by atoms with van der Waals surface area (Å²) in [5, 5.41) is 12.3. The fourth-order valence-corrected chi connectivity index (χ4v) is 6.16. The number of rotatable bonds is 7. The van der Waals surface area contributed by atoms with Gasteiger partial charge in [-0.05, 0) is 48.4 Å². The van der Waals surface area contributed by atoms with E-state index >= 15 is 0 Å².